The summed E-state index contributed by atoms with van der Waals surface area (Å²) in [7, 11) is -3.64. The summed E-state index contributed by atoms with van der Waals surface area (Å²) in [4.78, 5) is 11.3. The molecule has 1 fully saturated rings. The van der Waals surface area contributed by atoms with E-state index in [9.17, 15) is 18.3 Å². The smallest absolute Gasteiger partial charge is 0.352 e. The summed E-state index contributed by atoms with van der Waals surface area (Å²) >= 11 is 0. The predicted octanol–water partition coefficient (Wildman–Crippen LogP) is 1.94. The molecule has 20 heavy (non-hydrogen) atoms. The zero-order valence-corrected chi connectivity index (χ0v) is 12.7. The fraction of sp³-hybridized carbons (Fsp3) is 0.615. The van der Waals surface area contributed by atoms with Gasteiger partial charge in [-0.2, -0.15) is 4.31 Å². The van der Waals surface area contributed by atoms with Crippen LogP contribution in [0.5, 0.6) is 0 Å². The van der Waals surface area contributed by atoms with E-state index in [-0.39, 0.29) is 22.7 Å². The van der Waals surface area contributed by atoms with Crippen LogP contribution in [0.1, 0.15) is 50.1 Å². The SMILES string of the molecule is CCN(C(C)C)S(=O)(=O)c1cc(C(=O)O)n(C2CC2)c1. The molecule has 1 aromatic rings. The van der Waals surface area contributed by atoms with Gasteiger partial charge in [0.15, 0.2) is 0 Å². The van der Waals surface area contributed by atoms with Crippen LogP contribution in [0.15, 0.2) is 17.2 Å². The molecule has 7 heteroatoms. The van der Waals surface area contributed by atoms with Crippen molar-refractivity contribution in [2.24, 2.45) is 0 Å². The van der Waals surface area contributed by atoms with Crippen LogP contribution in [0.2, 0.25) is 0 Å². The number of sulfonamides is 1. The summed E-state index contributed by atoms with van der Waals surface area (Å²) in [6.07, 6.45) is 3.26. The topological polar surface area (TPSA) is 79.6 Å². The van der Waals surface area contributed by atoms with E-state index in [0.29, 0.717) is 6.54 Å². The Kier molecular flexibility index (Phi) is 3.93. The molecule has 1 aromatic heterocycles. The van der Waals surface area contributed by atoms with Crippen molar-refractivity contribution in [3.63, 3.8) is 0 Å². The van der Waals surface area contributed by atoms with Gasteiger partial charge in [-0.15, -0.1) is 0 Å². The van der Waals surface area contributed by atoms with Gasteiger partial charge >= 0.3 is 5.97 Å². The second-order valence-electron chi connectivity index (χ2n) is 5.31. The van der Waals surface area contributed by atoms with Gasteiger partial charge in [0, 0.05) is 24.8 Å². The van der Waals surface area contributed by atoms with Gasteiger partial charge in [0.25, 0.3) is 0 Å². The number of rotatable bonds is 6. The first-order chi connectivity index (χ1) is 9.28. The lowest BCUT2D eigenvalue weighted by Gasteiger charge is -2.23. The number of carbonyl (C=O) groups is 1. The lowest BCUT2D eigenvalue weighted by molar-refractivity contribution is 0.0685. The van der Waals surface area contributed by atoms with Crippen LogP contribution in [-0.4, -0.2) is 41.0 Å². The van der Waals surface area contributed by atoms with E-state index >= 15 is 0 Å². The lowest BCUT2D eigenvalue weighted by Crippen LogP contribution is -2.36. The fourth-order valence-corrected chi connectivity index (χ4v) is 4.04. The molecule has 0 radical (unpaired) electrons. The third-order valence-electron chi connectivity index (χ3n) is 3.48. The number of hydrogen-bond donors (Lipinski definition) is 1. The zero-order chi connectivity index (χ0) is 15.1. The molecule has 0 spiro atoms. The Morgan fingerprint density at radius 2 is 2.10 bits per heavy atom. The quantitative estimate of drug-likeness (QED) is 0.870. The van der Waals surface area contributed by atoms with Crippen LogP contribution in [0, 0.1) is 0 Å². The van der Waals surface area contributed by atoms with Crippen molar-refractivity contribution >= 4 is 16.0 Å². The first-order valence-electron chi connectivity index (χ1n) is 6.76. The van der Waals surface area contributed by atoms with Crippen LogP contribution in [0.3, 0.4) is 0 Å². The van der Waals surface area contributed by atoms with Gasteiger partial charge in [-0.3, -0.25) is 0 Å². The molecule has 1 heterocycles. The van der Waals surface area contributed by atoms with Gasteiger partial charge < -0.3 is 9.67 Å². The van der Waals surface area contributed by atoms with Crippen LogP contribution < -0.4 is 0 Å². The number of carboxylic acids is 1. The molecule has 0 saturated heterocycles. The maximum Gasteiger partial charge on any atom is 0.352 e. The molecule has 1 aliphatic rings. The Hall–Kier alpha value is -1.34. The number of hydrogen-bond acceptors (Lipinski definition) is 3. The number of carboxylic acid groups (broad SMARTS) is 1. The molecule has 2 rings (SSSR count). The monoisotopic (exact) mass is 300 g/mol. The predicted molar refractivity (Wildman–Crippen MR) is 74.4 cm³/mol. The molecule has 0 atom stereocenters. The molecule has 0 aromatic carbocycles. The van der Waals surface area contributed by atoms with Crippen molar-refractivity contribution in [1.29, 1.82) is 0 Å². The highest BCUT2D eigenvalue weighted by Gasteiger charge is 2.33. The first kappa shape index (κ1) is 15.1. The van der Waals surface area contributed by atoms with E-state index in [0.717, 1.165) is 12.8 Å². The Morgan fingerprint density at radius 3 is 2.50 bits per heavy atom. The molecular weight excluding hydrogens is 280 g/mol. The number of nitrogens with zero attached hydrogens (tertiary/aromatic N) is 2. The second-order valence-corrected chi connectivity index (χ2v) is 7.20. The van der Waals surface area contributed by atoms with E-state index in [4.69, 9.17) is 0 Å². The summed E-state index contributed by atoms with van der Waals surface area (Å²) in [5.41, 5.74) is 0.0471. The minimum Gasteiger partial charge on any atom is -0.477 e. The van der Waals surface area contributed by atoms with Crippen molar-refractivity contribution in [1.82, 2.24) is 8.87 Å². The maximum atomic E-state index is 12.6. The van der Waals surface area contributed by atoms with Crippen molar-refractivity contribution < 1.29 is 18.3 Å². The molecule has 0 unspecified atom stereocenters. The molecule has 1 N–H and O–H groups in total. The van der Waals surface area contributed by atoms with Gasteiger partial charge in [0.2, 0.25) is 10.0 Å². The summed E-state index contributed by atoms with van der Waals surface area (Å²) in [5, 5.41) is 9.20. The molecule has 112 valence electrons. The van der Waals surface area contributed by atoms with Crippen LogP contribution in [-0.2, 0) is 10.0 Å². The van der Waals surface area contributed by atoms with Crippen molar-refractivity contribution in [2.75, 3.05) is 6.54 Å². The molecule has 0 amide bonds. The van der Waals surface area contributed by atoms with E-state index in [1.165, 1.54) is 16.6 Å². The van der Waals surface area contributed by atoms with Crippen molar-refractivity contribution in [3.8, 4) is 0 Å². The Morgan fingerprint density at radius 1 is 1.50 bits per heavy atom. The zero-order valence-electron chi connectivity index (χ0n) is 11.9. The second kappa shape index (κ2) is 5.21. The van der Waals surface area contributed by atoms with Crippen LogP contribution in [0.25, 0.3) is 0 Å². The minimum atomic E-state index is -3.64. The molecule has 1 aliphatic carbocycles. The van der Waals surface area contributed by atoms with Gasteiger partial charge in [-0.25, -0.2) is 13.2 Å². The van der Waals surface area contributed by atoms with Crippen LogP contribution >= 0.6 is 0 Å². The highest BCUT2D eigenvalue weighted by Crippen LogP contribution is 2.37. The largest absolute Gasteiger partial charge is 0.477 e. The average Bonchev–Trinajstić information content (AvgIpc) is 3.06. The normalized spacial score (nSPS) is 16.1. The maximum absolute atomic E-state index is 12.6. The summed E-state index contributed by atoms with van der Waals surface area (Å²) in [5.74, 6) is -1.09. The minimum absolute atomic E-state index is 0.0471. The highest BCUT2D eigenvalue weighted by molar-refractivity contribution is 7.89. The third-order valence-corrected chi connectivity index (χ3v) is 5.59. The van der Waals surface area contributed by atoms with E-state index in [2.05, 4.69) is 0 Å². The van der Waals surface area contributed by atoms with E-state index < -0.39 is 16.0 Å². The Labute approximate surface area is 119 Å². The summed E-state index contributed by atoms with van der Waals surface area (Å²) < 4.78 is 28.1. The Balaban J connectivity index is 2.47. The standard InChI is InChI=1S/C13H20N2O4S/c1-4-15(9(2)3)20(18,19)11-7-12(13(16)17)14(8-11)10-5-6-10/h7-10H,4-6H2,1-3H3,(H,16,17). The molecular formula is C13H20N2O4S. The highest BCUT2D eigenvalue weighted by atomic mass is 32.2. The first-order valence-corrected chi connectivity index (χ1v) is 8.20. The summed E-state index contributed by atoms with van der Waals surface area (Å²) in [6, 6.07) is 1.22. The van der Waals surface area contributed by atoms with Crippen LogP contribution in [0.4, 0.5) is 0 Å². The number of aromatic carboxylic acids is 1. The van der Waals surface area contributed by atoms with Gasteiger partial charge in [0.1, 0.15) is 10.6 Å². The van der Waals surface area contributed by atoms with Gasteiger partial charge in [-0.05, 0) is 32.8 Å². The molecule has 0 aliphatic heterocycles. The van der Waals surface area contributed by atoms with Crippen molar-refractivity contribution in [3.05, 3.63) is 18.0 Å². The van der Waals surface area contributed by atoms with E-state index in [1.807, 2.05) is 0 Å². The molecule has 0 bridgehead atoms. The van der Waals surface area contributed by atoms with Crippen molar-refractivity contribution in [2.45, 2.75) is 50.6 Å². The fourth-order valence-electron chi connectivity index (χ4n) is 2.37. The molecule has 1 saturated carbocycles. The third kappa shape index (κ3) is 2.60. The van der Waals surface area contributed by atoms with E-state index in [1.54, 1.807) is 25.3 Å². The van der Waals surface area contributed by atoms with Gasteiger partial charge in [0.05, 0.1) is 0 Å². The molecule has 6 nitrogen and oxygen atoms in total. The Bertz CT molecular complexity index is 614. The number of aromatic nitrogens is 1. The van der Waals surface area contributed by atoms with Gasteiger partial charge in [-0.1, -0.05) is 6.92 Å². The summed E-state index contributed by atoms with van der Waals surface area (Å²) in [6.45, 7) is 5.73. The average molecular weight is 300 g/mol. The lowest BCUT2D eigenvalue weighted by atomic mass is 10.4.